The molecule has 0 fully saturated rings. The van der Waals surface area contributed by atoms with Crippen molar-refractivity contribution >= 4 is 66.7 Å². The Kier molecular flexibility index (Phi) is 14.2. The summed E-state index contributed by atoms with van der Waals surface area (Å²) in [5, 5.41) is 5.09. The van der Waals surface area contributed by atoms with Gasteiger partial charge in [-0.15, -0.1) is 0 Å². The monoisotopic (exact) mass is 1250 g/mol. The van der Waals surface area contributed by atoms with E-state index in [4.69, 9.17) is 9.97 Å². The van der Waals surface area contributed by atoms with Crippen LogP contribution in [0.4, 0.5) is 0 Å². The first kappa shape index (κ1) is 64.1. The van der Waals surface area contributed by atoms with Gasteiger partial charge in [-0.2, -0.15) is 0 Å². The zero-order chi connectivity index (χ0) is 68.1. The van der Waals surface area contributed by atoms with Gasteiger partial charge in [0.25, 0.3) is 6.71 Å². The average Bonchev–Trinajstić information content (AvgIpc) is 1.56. The maximum Gasteiger partial charge on any atom is 0.252 e. The number of hydrogen-bond donors (Lipinski definition) is 0. The van der Waals surface area contributed by atoms with Gasteiger partial charge in [-0.1, -0.05) is 251 Å². The van der Waals surface area contributed by atoms with E-state index in [1.54, 1.807) is 0 Å². The molecule has 2 aliphatic rings. The second-order valence-corrected chi connectivity index (χ2v) is 36.6. The molecule has 0 radical (unpaired) electrons. The highest BCUT2D eigenvalue weighted by Crippen LogP contribution is 2.46. The molecule has 9 aromatic carbocycles. The molecule has 14 rings (SSSR count). The van der Waals surface area contributed by atoms with E-state index in [-0.39, 0.29) is 50.0 Å². The molecule has 0 spiro atoms. The third-order valence-electron chi connectivity index (χ3n) is 21.1. The van der Waals surface area contributed by atoms with Crippen molar-refractivity contribution in [2.45, 2.75) is 209 Å². The zero-order valence-electron chi connectivity index (χ0n) is 61.5. The predicted octanol–water partition coefficient (Wildman–Crippen LogP) is 22.5. The van der Waals surface area contributed by atoms with Crippen LogP contribution < -0.4 is 16.4 Å². The first-order chi connectivity index (χ1) is 44.1. The number of nitrogens with zero attached hydrogens (tertiary/aromatic N) is 4. The summed E-state index contributed by atoms with van der Waals surface area (Å²) < 4.78 is 5.32. The van der Waals surface area contributed by atoms with E-state index in [1.165, 1.54) is 138 Å². The standard InChI is InChI=1S/C90H99BN4/c1-83(2,3)59-29-25-52(26-30-59)54-41-69-67-49-61(85(7,8)9)33-35-75(67)94-77-45-57(74-51-73(56-37-63(87(13,14)15)47-64(38-56)88(16,17)18)92-82(93-74)58-39-65(89(19,20)21)48-66(40-58)90(22,23)24)46-78-79(77)91(71(43-54)80(69)94)72-44-55(53-27-31-60(32-28-53)84(4,5)6)42-70-68-50-62(86(10,11)12)34-36-76(68)95(78)81(70)72/h25-51H,1-24H3. The van der Waals surface area contributed by atoms with E-state index in [0.717, 1.165) is 33.9 Å². The number of hydrogen-bond acceptors (Lipinski definition) is 2. The molecular formula is C90H99BN4. The SMILES string of the molecule is CC(C)(C)c1ccc(-c2cc3c4c(c2)c2cc(C(C)(C)C)ccc2n4-c2cc(-c4cc(-c5cc(C(C)(C)C)cc(C(C)(C)C)c5)nc(-c5cc(C(C)(C)C)cc(C(C)(C)C)c5)n4)cc4c2B3c2cc(-c3ccc(C(C)(C)C)cc3)cc3c5cc(C(C)(C)C)ccc5n-4c23)cc1. The van der Waals surface area contributed by atoms with Gasteiger partial charge in [0, 0.05) is 60.6 Å². The van der Waals surface area contributed by atoms with E-state index in [2.05, 4.69) is 339 Å². The molecule has 0 aliphatic carbocycles. The van der Waals surface area contributed by atoms with Crippen molar-refractivity contribution in [3.05, 3.63) is 208 Å². The first-order valence-corrected chi connectivity index (χ1v) is 35.0. The van der Waals surface area contributed by atoms with E-state index in [1.807, 2.05) is 0 Å². The molecule has 0 amide bonds. The van der Waals surface area contributed by atoms with Crippen LogP contribution in [0.25, 0.3) is 111 Å². The van der Waals surface area contributed by atoms with Crippen LogP contribution in [-0.4, -0.2) is 25.8 Å². The fraction of sp³-hybridized carbons (Fsp3) is 0.356. The van der Waals surface area contributed by atoms with Gasteiger partial charge < -0.3 is 9.13 Å². The van der Waals surface area contributed by atoms with Crippen LogP contribution in [0.2, 0.25) is 0 Å². The summed E-state index contributed by atoms with van der Waals surface area (Å²) in [6.45, 7) is 55.7. The first-order valence-electron chi connectivity index (χ1n) is 35.0. The number of fused-ring (bicyclic) bond motifs is 10. The largest absolute Gasteiger partial charge is 0.310 e. The van der Waals surface area contributed by atoms with Crippen LogP contribution in [0.1, 0.15) is 211 Å². The normalized spacial score (nSPS) is 13.9. The van der Waals surface area contributed by atoms with Crippen LogP contribution in [0.15, 0.2) is 164 Å². The van der Waals surface area contributed by atoms with E-state index < -0.39 is 0 Å². The molecule has 0 bridgehead atoms. The Bertz CT molecular complexity index is 4770. The third-order valence-corrected chi connectivity index (χ3v) is 21.1. The smallest absolute Gasteiger partial charge is 0.252 e. The van der Waals surface area contributed by atoms with Gasteiger partial charge in [0.15, 0.2) is 5.82 Å². The van der Waals surface area contributed by atoms with Gasteiger partial charge in [-0.3, -0.25) is 0 Å². The Labute approximate surface area is 567 Å². The highest BCUT2D eigenvalue weighted by molar-refractivity contribution is 7.00. The lowest BCUT2D eigenvalue weighted by Gasteiger charge is -2.35. The zero-order valence-corrected chi connectivity index (χ0v) is 61.5. The van der Waals surface area contributed by atoms with Gasteiger partial charge in [0.2, 0.25) is 0 Å². The van der Waals surface area contributed by atoms with Crippen molar-refractivity contribution in [2.24, 2.45) is 0 Å². The second kappa shape index (κ2) is 21.1. The van der Waals surface area contributed by atoms with Gasteiger partial charge in [-0.25, -0.2) is 9.97 Å². The average molecular weight is 1250 g/mol. The molecule has 5 heterocycles. The molecule has 0 saturated heterocycles. The molecule has 12 aromatic rings. The van der Waals surface area contributed by atoms with Gasteiger partial charge >= 0.3 is 0 Å². The molecule has 95 heavy (non-hydrogen) atoms. The Morgan fingerprint density at radius 3 is 0.905 bits per heavy atom. The molecule has 0 saturated carbocycles. The summed E-state index contributed by atoms with van der Waals surface area (Å²) in [7, 11) is 0. The highest BCUT2D eigenvalue weighted by atomic mass is 15.0. The maximum absolute atomic E-state index is 5.92. The third kappa shape index (κ3) is 11.0. The van der Waals surface area contributed by atoms with E-state index >= 15 is 0 Å². The van der Waals surface area contributed by atoms with Gasteiger partial charge in [-0.05, 0) is 205 Å². The van der Waals surface area contributed by atoms with Crippen molar-refractivity contribution in [1.29, 1.82) is 0 Å². The number of rotatable bonds is 5. The maximum atomic E-state index is 5.92. The van der Waals surface area contributed by atoms with E-state index in [0.29, 0.717) is 0 Å². The summed E-state index contributed by atoms with van der Waals surface area (Å²) in [5.74, 6) is 0.727. The Morgan fingerprint density at radius 1 is 0.253 bits per heavy atom. The van der Waals surface area contributed by atoms with Crippen LogP contribution in [0.5, 0.6) is 0 Å². The Morgan fingerprint density at radius 2 is 0.568 bits per heavy atom. The topological polar surface area (TPSA) is 35.6 Å². The van der Waals surface area contributed by atoms with E-state index in [9.17, 15) is 0 Å². The molecule has 482 valence electrons. The van der Waals surface area contributed by atoms with Crippen molar-refractivity contribution in [3.63, 3.8) is 0 Å². The summed E-state index contributed by atoms with van der Waals surface area (Å²) in [6, 6.07) is 65.4. The quantitative estimate of drug-likeness (QED) is 0.161. The molecule has 3 aromatic heterocycles. The lowest BCUT2D eigenvalue weighted by atomic mass is 9.34. The lowest BCUT2D eigenvalue weighted by molar-refractivity contribution is 0.568. The molecule has 0 N–H and O–H groups in total. The Hall–Kier alpha value is -8.28. The molecular weight excluding hydrogens is 1150 g/mol. The number of aromatic nitrogens is 4. The summed E-state index contributed by atoms with van der Waals surface area (Å²) in [5.41, 5.74) is 31.1. The van der Waals surface area contributed by atoms with Crippen LogP contribution >= 0.6 is 0 Å². The van der Waals surface area contributed by atoms with Crippen molar-refractivity contribution < 1.29 is 0 Å². The van der Waals surface area contributed by atoms with Crippen molar-refractivity contribution in [3.8, 4) is 67.5 Å². The second-order valence-electron chi connectivity index (χ2n) is 36.6. The predicted molar refractivity (Wildman–Crippen MR) is 412 cm³/mol. The van der Waals surface area contributed by atoms with Crippen LogP contribution in [0, 0.1) is 0 Å². The molecule has 5 heteroatoms. The van der Waals surface area contributed by atoms with Crippen LogP contribution in [0.3, 0.4) is 0 Å². The minimum atomic E-state index is -0.136. The molecule has 0 unspecified atom stereocenters. The fourth-order valence-corrected chi connectivity index (χ4v) is 14.9. The van der Waals surface area contributed by atoms with Crippen LogP contribution in [-0.2, 0) is 43.3 Å². The van der Waals surface area contributed by atoms with Gasteiger partial charge in [0.1, 0.15) is 0 Å². The highest BCUT2D eigenvalue weighted by Gasteiger charge is 2.43. The Balaban J connectivity index is 1.16. The van der Waals surface area contributed by atoms with Crippen molar-refractivity contribution in [1.82, 2.24) is 19.1 Å². The lowest BCUT2D eigenvalue weighted by Crippen LogP contribution is -2.59. The summed E-state index contributed by atoms with van der Waals surface area (Å²) in [6.07, 6.45) is 0. The number of benzene rings is 9. The summed E-state index contributed by atoms with van der Waals surface area (Å²) in [4.78, 5) is 11.7. The van der Waals surface area contributed by atoms with Crippen molar-refractivity contribution in [2.75, 3.05) is 0 Å². The minimum absolute atomic E-state index is 0.0248. The summed E-state index contributed by atoms with van der Waals surface area (Å²) >= 11 is 0. The molecule has 0 atom stereocenters. The van der Waals surface area contributed by atoms with Gasteiger partial charge in [0.05, 0.1) is 22.4 Å². The molecule has 4 nitrogen and oxygen atoms in total. The fourth-order valence-electron chi connectivity index (χ4n) is 14.9. The minimum Gasteiger partial charge on any atom is -0.310 e. The molecule has 2 aliphatic heterocycles.